The first-order valence-corrected chi connectivity index (χ1v) is 8.79. The lowest BCUT2D eigenvalue weighted by molar-refractivity contribution is 0.486. The molecule has 0 heteroatoms. The summed E-state index contributed by atoms with van der Waals surface area (Å²) >= 11 is 0. The number of hydrogen-bond donors (Lipinski definition) is 0. The van der Waals surface area contributed by atoms with Crippen LogP contribution in [0, 0.1) is 11.8 Å². The molecule has 24 heavy (non-hydrogen) atoms. The molecule has 0 aromatic rings. The van der Waals surface area contributed by atoms with E-state index < -0.39 is 0 Å². The highest BCUT2D eigenvalue weighted by Gasteiger charge is 2.41. The van der Waals surface area contributed by atoms with Crippen LogP contribution in [0.1, 0.15) is 12.8 Å². The maximum Gasteiger partial charge on any atom is 0.0161 e. The van der Waals surface area contributed by atoms with E-state index in [0.717, 1.165) is 12.8 Å². The fourth-order valence-corrected chi connectivity index (χ4v) is 4.34. The number of fused-ring (bicyclic) bond motifs is 9. The Labute approximate surface area is 143 Å². The summed E-state index contributed by atoms with van der Waals surface area (Å²) in [5, 5.41) is 0. The zero-order chi connectivity index (χ0) is 15.9. The van der Waals surface area contributed by atoms with Crippen LogP contribution in [0.25, 0.3) is 0 Å². The van der Waals surface area contributed by atoms with E-state index in [2.05, 4.69) is 85.1 Å². The van der Waals surface area contributed by atoms with Crippen molar-refractivity contribution in [3.63, 3.8) is 0 Å². The second kappa shape index (κ2) is 5.49. The summed E-state index contributed by atoms with van der Waals surface area (Å²) in [6.45, 7) is 0. The Morgan fingerprint density at radius 2 is 1.38 bits per heavy atom. The molecule has 0 radical (unpaired) electrons. The molecule has 2 unspecified atom stereocenters. The van der Waals surface area contributed by atoms with Crippen LogP contribution in [0.2, 0.25) is 0 Å². The lowest BCUT2D eigenvalue weighted by atomic mass is 9.59. The Bertz CT molecular complexity index is 898. The summed E-state index contributed by atoms with van der Waals surface area (Å²) < 4.78 is 0. The molecule has 5 rings (SSSR count). The quantitative estimate of drug-likeness (QED) is 0.526. The molecule has 0 aromatic heterocycles. The fourth-order valence-electron chi connectivity index (χ4n) is 4.34. The van der Waals surface area contributed by atoms with Crippen molar-refractivity contribution in [1.82, 2.24) is 0 Å². The molecule has 0 heterocycles. The van der Waals surface area contributed by atoms with Crippen LogP contribution >= 0.6 is 0 Å². The highest BCUT2D eigenvalue weighted by Crippen LogP contribution is 2.53. The van der Waals surface area contributed by atoms with E-state index in [1.807, 2.05) is 0 Å². The van der Waals surface area contributed by atoms with Gasteiger partial charge < -0.3 is 0 Å². The van der Waals surface area contributed by atoms with Gasteiger partial charge in [-0.2, -0.15) is 0 Å². The maximum absolute atomic E-state index is 2.43. The predicted octanol–water partition coefficient (Wildman–Crippen LogP) is 5.85. The molecule has 0 aliphatic heterocycles. The van der Waals surface area contributed by atoms with Gasteiger partial charge in [0.25, 0.3) is 0 Å². The minimum absolute atomic E-state index is 0.506. The van der Waals surface area contributed by atoms with Crippen molar-refractivity contribution in [3.8, 4) is 0 Å². The first kappa shape index (κ1) is 13.8. The lowest BCUT2D eigenvalue weighted by Crippen LogP contribution is -2.33. The number of hydrogen-bond acceptors (Lipinski definition) is 0. The topological polar surface area (TPSA) is 0 Å². The van der Waals surface area contributed by atoms with Crippen LogP contribution in [0.4, 0.5) is 0 Å². The van der Waals surface area contributed by atoms with Gasteiger partial charge in [-0.15, -0.1) is 0 Å². The zero-order valence-corrected chi connectivity index (χ0v) is 13.7. The molecule has 1 saturated carbocycles. The van der Waals surface area contributed by atoms with Gasteiger partial charge in [-0.3, -0.25) is 0 Å². The normalized spacial score (nSPS) is 36.3. The van der Waals surface area contributed by atoms with Gasteiger partial charge in [0.15, 0.2) is 0 Å². The minimum Gasteiger partial charge on any atom is -0.0758 e. The van der Waals surface area contributed by atoms with E-state index in [0.29, 0.717) is 11.8 Å². The second-order valence-electron chi connectivity index (χ2n) is 7.03. The Morgan fingerprint density at radius 3 is 2.25 bits per heavy atom. The van der Waals surface area contributed by atoms with Crippen LogP contribution in [0.3, 0.4) is 0 Å². The standard InChI is InChI=1S/C24H20/c1-2-8-19-14-18(7-1)12-13-22-23(16-19)21-11-5-9-17-6-3-4-10-20(15-17)24(21)22/h1-13,16,22,24H,14-15H2/b9-5-,13-12-,21-11-,23-16-. The first-order valence-electron chi connectivity index (χ1n) is 8.79. The summed E-state index contributed by atoms with van der Waals surface area (Å²) in [5.41, 5.74) is 8.78. The van der Waals surface area contributed by atoms with E-state index >= 15 is 0 Å². The van der Waals surface area contributed by atoms with Gasteiger partial charge >= 0.3 is 0 Å². The van der Waals surface area contributed by atoms with Crippen molar-refractivity contribution < 1.29 is 0 Å². The SMILES string of the molecule is C1=CC=C2/C=C3/C4=C/C=C\C5=CC=CC=C(C5)C4C3/C=C\C(=C1)C2. The molecule has 0 amide bonds. The third kappa shape index (κ3) is 2.22. The van der Waals surface area contributed by atoms with E-state index in [4.69, 9.17) is 0 Å². The average Bonchev–Trinajstić information content (AvgIpc) is 2.93. The van der Waals surface area contributed by atoms with E-state index in [9.17, 15) is 0 Å². The molecule has 5 aliphatic rings. The van der Waals surface area contributed by atoms with Gasteiger partial charge in [-0.05, 0) is 40.7 Å². The van der Waals surface area contributed by atoms with Crippen molar-refractivity contribution in [2.24, 2.45) is 11.8 Å². The van der Waals surface area contributed by atoms with E-state index in [-0.39, 0.29) is 0 Å². The van der Waals surface area contributed by atoms with Gasteiger partial charge in [0, 0.05) is 11.8 Å². The molecular formula is C24H20. The Balaban J connectivity index is 1.65. The van der Waals surface area contributed by atoms with E-state index in [1.54, 1.807) is 5.57 Å². The van der Waals surface area contributed by atoms with Crippen LogP contribution < -0.4 is 0 Å². The van der Waals surface area contributed by atoms with Crippen molar-refractivity contribution in [1.29, 1.82) is 0 Å². The molecule has 1 fully saturated rings. The molecular weight excluding hydrogens is 288 g/mol. The van der Waals surface area contributed by atoms with Crippen molar-refractivity contribution in [3.05, 3.63) is 119 Å². The third-order valence-corrected chi connectivity index (χ3v) is 5.51. The molecule has 0 N–H and O–H groups in total. The van der Waals surface area contributed by atoms with Crippen LogP contribution in [-0.2, 0) is 0 Å². The molecule has 0 spiro atoms. The molecule has 0 nitrogen and oxygen atoms in total. The number of rotatable bonds is 0. The smallest absolute Gasteiger partial charge is 0.0161 e. The van der Waals surface area contributed by atoms with Crippen molar-refractivity contribution >= 4 is 0 Å². The predicted molar refractivity (Wildman–Crippen MR) is 101 cm³/mol. The monoisotopic (exact) mass is 308 g/mol. The van der Waals surface area contributed by atoms with Crippen molar-refractivity contribution in [2.45, 2.75) is 12.8 Å². The van der Waals surface area contributed by atoms with Gasteiger partial charge in [0.1, 0.15) is 0 Å². The third-order valence-electron chi connectivity index (χ3n) is 5.51. The molecule has 2 atom stereocenters. The van der Waals surface area contributed by atoms with E-state index in [1.165, 1.54) is 27.9 Å². The highest BCUT2D eigenvalue weighted by atomic mass is 14.4. The Kier molecular flexibility index (Phi) is 3.16. The fraction of sp³-hybridized carbons (Fsp3) is 0.167. The summed E-state index contributed by atoms with van der Waals surface area (Å²) in [7, 11) is 0. The molecule has 0 aromatic carbocycles. The van der Waals surface area contributed by atoms with Crippen LogP contribution in [0.15, 0.2) is 119 Å². The van der Waals surface area contributed by atoms with Crippen LogP contribution in [0.5, 0.6) is 0 Å². The molecule has 116 valence electrons. The molecule has 5 aliphatic carbocycles. The van der Waals surface area contributed by atoms with Crippen molar-refractivity contribution in [2.75, 3.05) is 0 Å². The Hall–Kier alpha value is -2.60. The summed E-state index contributed by atoms with van der Waals surface area (Å²) in [4.78, 5) is 0. The summed E-state index contributed by atoms with van der Waals surface area (Å²) in [6.07, 6.45) is 33.9. The largest absolute Gasteiger partial charge is 0.0758 e. The summed E-state index contributed by atoms with van der Waals surface area (Å²) in [6, 6.07) is 0. The van der Waals surface area contributed by atoms with Crippen LogP contribution in [-0.4, -0.2) is 0 Å². The van der Waals surface area contributed by atoms with Gasteiger partial charge in [-0.25, -0.2) is 0 Å². The van der Waals surface area contributed by atoms with Gasteiger partial charge in [0.2, 0.25) is 0 Å². The highest BCUT2D eigenvalue weighted by molar-refractivity contribution is 5.61. The zero-order valence-electron chi connectivity index (χ0n) is 13.7. The summed E-state index contributed by atoms with van der Waals surface area (Å²) in [5.74, 6) is 1.03. The molecule has 4 bridgehead atoms. The van der Waals surface area contributed by atoms with Gasteiger partial charge in [-0.1, -0.05) is 90.6 Å². The number of allylic oxidation sites excluding steroid dienone is 20. The first-order chi connectivity index (χ1) is 11.9. The molecule has 0 saturated heterocycles. The maximum atomic E-state index is 2.43. The average molecular weight is 308 g/mol. The second-order valence-corrected chi connectivity index (χ2v) is 7.03. The minimum atomic E-state index is 0.506. The lowest BCUT2D eigenvalue weighted by Gasteiger charge is -2.44. The Morgan fingerprint density at radius 1 is 0.625 bits per heavy atom. The van der Waals surface area contributed by atoms with Gasteiger partial charge in [0.05, 0.1) is 0 Å².